The lowest BCUT2D eigenvalue weighted by molar-refractivity contribution is 0.0884. The molecule has 3 heterocycles. The number of nitrogens with zero attached hydrogens (tertiary/aromatic N) is 3. The van der Waals surface area contributed by atoms with Crippen molar-refractivity contribution in [3.05, 3.63) is 54.1 Å². The van der Waals surface area contributed by atoms with Crippen LogP contribution in [0, 0.1) is 0 Å². The maximum Gasteiger partial charge on any atom is 0.269 e. The van der Waals surface area contributed by atoms with Gasteiger partial charge >= 0.3 is 0 Å². The van der Waals surface area contributed by atoms with E-state index in [1.54, 1.807) is 19.3 Å². The van der Waals surface area contributed by atoms with Crippen molar-refractivity contribution in [2.24, 2.45) is 0 Å². The number of carbonyl (C=O) groups excluding carboxylic acids is 1. The minimum atomic E-state index is -0.201. The van der Waals surface area contributed by atoms with Crippen molar-refractivity contribution in [2.75, 3.05) is 26.7 Å². The van der Waals surface area contributed by atoms with E-state index >= 15 is 0 Å². The van der Waals surface area contributed by atoms with Crippen LogP contribution >= 0.6 is 0 Å². The average Bonchev–Trinajstić information content (AvgIpc) is 2.67. The first-order chi connectivity index (χ1) is 12.2. The van der Waals surface area contributed by atoms with E-state index in [4.69, 9.17) is 4.74 Å². The Bertz CT molecular complexity index is 693. The standard InChI is InChI=1S/C19H24N4O2/c1-20-19(24)18-13-16(6-10-22-18)25-17-3-2-11-23(14-17)12-7-15-4-8-21-9-5-15/h4-6,8-10,13,17H,2-3,7,11-12,14H2,1H3,(H,20,24)/t17-/m0/s1. The molecule has 0 spiro atoms. The summed E-state index contributed by atoms with van der Waals surface area (Å²) in [5.41, 5.74) is 1.69. The summed E-state index contributed by atoms with van der Waals surface area (Å²) in [7, 11) is 1.60. The lowest BCUT2D eigenvalue weighted by Gasteiger charge is -2.32. The second-order valence-electron chi connectivity index (χ2n) is 6.24. The summed E-state index contributed by atoms with van der Waals surface area (Å²) in [5.74, 6) is 0.502. The fourth-order valence-electron chi connectivity index (χ4n) is 3.08. The maximum atomic E-state index is 11.7. The average molecular weight is 340 g/mol. The molecule has 1 saturated heterocycles. The molecular formula is C19H24N4O2. The highest BCUT2D eigenvalue weighted by Crippen LogP contribution is 2.19. The van der Waals surface area contributed by atoms with Crippen molar-refractivity contribution < 1.29 is 9.53 Å². The van der Waals surface area contributed by atoms with Gasteiger partial charge in [0, 0.05) is 44.8 Å². The summed E-state index contributed by atoms with van der Waals surface area (Å²) in [6.45, 7) is 3.03. The molecule has 1 N–H and O–H groups in total. The molecule has 0 aliphatic carbocycles. The van der Waals surface area contributed by atoms with Crippen molar-refractivity contribution in [3.8, 4) is 5.75 Å². The predicted octanol–water partition coefficient (Wildman–Crippen LogP) is 1.92. The summed E-state index contributed by atoms with van der Waals surface area (Å²) in [6, 6.07) is 7.64. The summed E-state index contributed by atoms with van der Waals surface area (Å²) >= 11 is 0. The molecule has 3 rings (SSSR count). The van der Waals surface area contributed by atoms with Gasteiger partial charge in [-0.3, -0.25) is 19.7 Å². The summed E-state index contributed by atoms with van der Waals surface area (Å²) < 4.78 is 6.10. The molecule has 0 aromatic carbocycles. The van der Waals surface area contributed by atoms with E-state index in [2.05, 4.69) is 32.3 Å². The molecule has 1 aliphatic heterocycles. The number of aromatic nitrogens is 2. The summed E-state index contributed by atoms with van der Waals surface area (Å²) in [4.78, 5) is 22.3. The van der Waals surface area contributed by atoms with Crippen molar-refractivity contribution in [1.29, 1.82) is 0 Å². The number of hydrogen-bond acceptors (Lipinski definition) is 5. The van der Waals surface area contributed by atoms with Gasteiger partial charge in [-0.05, 0) is 49.6 Å². The Kier molecular flexibility index (Phi) is 5.95. The topological polar surface area (TPSA) is 67.3 Å². The van der Waals surface area contributed by atoms with Crippen molar-refractivity contribution in [3.63, 3.8) is 0 Å². The third kappa shape index (κ3) is 5.00. The predicted molar refractivity (Wildman–Crippen MR) is 95.7 cm³/mol. The number of nitrogens with one attached hydrogen (secondary N) is 1. The minimum absolute atomic E-state index is 0.145. The highest BCUT2D eigenvalue weighted by Gasteiger charge is 2.21. The van der Waals surface area contributed by atoms with E-state index in [9.17, 15) is 4.79 Å². The Hall–Kier alpha value is -2.47. The van der Waals surface area contributed by atoms with Crippen LogP contribution < -0.4 is 10.1 Å². The molecule has 25 heavy (non-hydrogen) atoms. The Morgan fingerprint density at radius 1 is 1.32 bits per heavy atom. The van der Waals surface area contributed by atoms with Crippen LogP contribution in [0.15, 0.2) is 42.9 Å². The molecule has 6 heteroatoms. The number of amides is 1. The molecule has 6 nitrogen and oxygen atoms in total. The molecule has 132 valence electrons. The molecule has 0 bridgehead atoms. The number of piperidine rings is 1. The zero-order valence-corrected chi connectivity index (χ0v) is 14.5. The van der Waals surface area contributed by atoms with E-state index in [1.165, 1.54) is 5.56 Å². The van der Waals surface area contributed by atoms with Crippen molar-refractivity contribution in [1.82, 2.24) is 20.2 Å². The molecule has 0 unspecified atom stereocenters. The second-order valence-corrected chi connectivity index (χ2v) is 6.24. The van der Waals surface area contributed by atoms with Gasteiger partial charge in [-0.15, -0.1) is 0 Å². The van der Waals surface area contributed by atoms with Crippen LogP contribution in [0.5, 0.6) is 5.75 Å². The van der Waals surface area contributed by atoms with Crippen molar-refractivity contribution >= 4 is 5.91 Å². The number of pyridine rings is 2. The number of hydrogen-bond donors (Lipinski definition) is 1. The van der Waals surface area contributed by atoms with Crippen LogP contribution in [0.2, 0.25) is 0 Å². The largest absolute Gasteiger partial charge is 0.489 e. The third-order valence-electron chi connectivity index (χ3n) is 4.42. The Balaban J connectivity index is 1.54. The van der Waals surface area contributed by atoms with Gasteiger partial charge in [-0.25, -0.2) is 0 Å². The zero-order chi connectivity index (χ0) is 17.5. The highest BCUT2D eigenvalue weighted by atomic mass is 16.5. The Morgan fingerprint density at radius 2 is 2.16 bits per heavy atom. The Labute approximate surface area is 148 Å². The monoisotopic (exact) mass is 340 g/mol. The fourth-order valence-corrected chi connectivity index (χ4v) is 3.08. The zero-order valence-electron chi connectivity index (χ0n) is 14.5. The first-order valence-electron chi connectivity index (χ1n) is 8.70. The molecular weight excluding hydrogens is 316 g/mol. The molecule has 1 aliphatic rings. The molecule has 1 amide bonds. The molecule has 2 aromatic rings. The van der Waals surface area contributed by atoms with Gasteiger partial charge in [0.1, 0.15) is 17.5 Å². The second kappa shape index (κ2) is 8.58. The number of carbonyl (C=O) groups is 1. The van der Waals surface area contributed by atoms with E-state index < -0.39 is 0 Å². The van der Waals surface area contributed by atoms with Gasteiger partial charge in [0.15, 0.2) is 0 Å². The van der Waals surface area contributed by atoms with E-state index in [-0.39, 0.29) is 12.0 Å². The van der Waals surface area contributed by atoms with Crippen LogP contribution in [0.4, 0.5) is 0 Å². The van der Waals surface area contributed by atoms with Crippen LogP contribution in [0.25, 0.3) is 0 Å². The van der Waals surface area contributed by atoms with Crippen LogP contribution in [0.1, 0.15) is 28.9 Å². The lowest BCUT2D eigenvalue weighted by atomic mass is 10.1. The quantitative estimate of drug-likeness (QED) is 0.870. The molecule has 1 fully saturated rings. The van der Waals surface area contributed by atoms with Gasteiger partial charge in [0.25, 0.3) is 5.91 Å². The number of ether oxygens (including phenoxy) is 1. The maximum absolute atomic E-state index is 11.7. The number of likely N-dealkylation sites (tertiary alicyclic amines) is 1. The first kappa shape index (κ1) is 17.4. The van der Waals surface area contributed by atoms with E-state index in [1.807, 2.05) is 18.5 Å². The molecule has 1 atom stereocenters. The smallest absolute Gasteiger partial charge is 0.269 e. The summed E-state index contributed by atoms with van der Waals surface area (Å²) in [6.07, 6.45) is 8.61. The van der Waals surface area contributed by atoms with Gasteiger partial charge in [-0.2, -0.15) is 0 Å². The van der Waals surface area contributed by atoms with E-state index in [0.717, 1.165) is 38.9 Å². The van der Waals surface area contributed by atoms with Crippen LogP contribution in [-0.2, 0) is 6.42 Å². The van der Waals surface area contributed by atoms with Gasteiger partial charge < -0.3 is 10.1 Å². The lowest BCUT2D eigenvalue weighted by Crippen LogP contribution is -2.42. The van der Waals surface area contributed by atoms with Crippen LogP contribution in [-0.4, -0.2) is 53.6 Å². The highest BCUT2D eigenvalue weighted by molar-refractivity contribution is 5.92. The SMILES string of the molecule is CNC(=O)c1cc(O[C@H]2CCCN(CCc3ccncc3)C2)ccn1. The third-order valence-corrected chi connectivity index (χ3v) is 4.42. The van der Waals surface area contributed by atoms with Gasteiger partial charge in [-0.1, -0.05) is 0 Å². The van der Waals surface area contributed by atoms with E-state index in [0.29, 0.717) is 11.4 Å². The normalized spacial score (nSPS) is 17.9. The first-order valence-corrected chi connectivity index (χ1v) is 8.70. The molecule has 0 radical (unpaired) electrons. The van der Waals surface area contributed by atoms with Crippen molar-refractivity contribution in [2.45, 2.75) is 25.4 Å². The molecule has 0 saturated carbocycles. The summed E-state index contributed by atoms with van der Waals surface area (Å²) in [5, 5.41) is 2.58. The van der Waals surface area contributed by atoms with Gasteiger partial charge in [0.2, 0.25) is 0 Å². The molecule has 2 aromatic heterocycles. The minimum Gasteiger partial charge on any atom is -0.489 e. The Morgan fingerprint density at radius 3 is 2.96 bits per heavy atom. The van der Waals surface area contributed by atoms with Crippen LogP contribution in [0.3, 0.4) is 0 Å². The van der Waals surface area contributed by atoms with Gasteiger partial charge in [0.05, 0.1) is 0 Å². The number of rotatable bonds is 6. The fraction of sp³-hybridized carbons (Fsp3) is 0.421.